The van der Waals surface area contributed by atoms with Gasteiger partial charge in [-0.1, -0.05) is 91.0 Å². The largest absolute Gasteiger partial charge is 0.481 e. The zero-order valence-corrected chi connectivity index (χ0v) is 18.0. The topological polar surface area (TPSA) is 37.3 Å². The lowest BCUT2D eigenvalue weighted by molar-refractivity contribution is -0.143. The molecule has 0 aliphatic carbocycles. The van der Waals surface area contributed by atoms with E-state index in [9.17, 15) is 9.90 Å². The number of carboxylic acids is 1. The molecule has 5 aromatic rings. The minimum Gasteiger partial charge on any atom is -0.481 e. The Balaban J connectivity index is 1.91. The molecule has 0 aliphatic rings. The monoisotopic (exact) mass is 422 g/mol. The normalized spacial score (nSPS) is 13.5. The summed E-state index contributed by atoms with van der Waals surface area (Å²) in [6.45, 7) is 1.87. The minimum absolute atomic E-state index is 0.360. The van der Waals surface area contributed by atoms with E-state index in [2.05, 4.69) is 48.5 Å². The van der Waals surface area contributed by atoms with Gasteiger partial charge < -0.3 is 5.11 Å². The van der Waals surface area contributed by atoms with Gasteiger partial charge in [-0.25, -0.2) is 0 Å². The summed E-state index contributed by atoms with van der Waals surface area (Å²) in [6, 6.07) is 32.8. The molecule has 2 nitrogen and oxygen atoms in total. The highest BCUT2D eigenvalue weighted by molar-refractivity contribution is 7.10. The number of rotatable bonds is 5. The van der Waals surface area contributed by atoms with Gasteiger partial charge in [0.15, 0.2) is 0 Å². The molecule has 0 spiro atoms. The van der Waals surface area contributed by atoms with Crippen LogP contribution < -0.4 is 0 Å². The molecular formula is C28H22O2S. The van der Waals surface area contributed by atoms with Crippen molar-refractivity contribution in [1.82, 2.24) is 0 Å². The van der Waals surface area contributed by atoms with Crippen LogP contribution >= 0.6 is 11.3 Å². The van der Waals surface area contributed by atoms with Crippen molar-refractivity contribution >= 4 is 38.9 Å². The van der Waals surface area contributed by atoms with E-state index in [1.807, 2.05) is 60.8 Å². The van der Waals surface area contributed by atoms with Gasteiger partial charge in [0.2, 0.25) is 0 Å². The van der Waals surface area contributed by atoms with Crippen LogP contribution in [-0.2, 0) is 10.2 Å². The maximum absolute atomic E-state index is 13.0. The molecular weight excluding hydrogens is 400 g/mol. The lowest BCUT2D eigenvalue weighted by atomic mass is 9.67. The number of thiophene rings is 1. The molecule has 31 heavy (non-hydrogen) atoms. The summed E-state index contributed by atoms with van der Waals surface area (Å²) < 4.78 is 0. The number of fused-ring (bicyclic) bond motifs is 2. The summed E-state index contributed by atoms with van der Waals surface area (Å²) >= 11 is 1.51. The molecule has 0 radical (unpaired) electrons. The number of hydrogen-bond donors (Lipinski definition) is 1. The van der Waals surface area contributed by atoms with E-state index in [4.69, 9.17) is 0 Å². The Morgan fingerprint density at radius 2 is 1.26 bits per heavy atom. The molecule has 0 unspecified atom stereocenters. The summed E-state index contributed by atoms with van der Waals surface area (Å²) in [4.78, 5) is 13.8. The Morgan fingerprint density at radius 3 is 1.74 bits per heavy atom. The Bertz CT molecular complexity index is 1300. The highest BCUT2D eigenvalue weighted by atomic mass is 32.1. The van der Waals surface area contributed by atoms with Crippen LogP contribution in [0.1, 0.15) is 28.8 Å². The van der Waals surface area contributed by atoms with Crippen LogP contribution in [-0.4, -0.2) is 11.1 Å². The minimum atomic E-state index is -1.12. The molecule has 0 saturated carbocycles. The van der Waals surface area contributed by atoms with Gasteiger partial charge in [0.1, 0.15) is 5.41 Å². The molecule has 1 atom stereocenters. The molecule has 1 aromatic heterocycles. The third-order valence-corrected chi connectivity index (χ3v) is 7.43. The zero-order chi connectivity index (χ0) is 21.4. The van der Waals surface area contributed by atoms with Crippen LogP contribution in [0.4, 0.5) is 0 Å². The van der Waals surface area contributed by atoms with E-state index >= 15 is 0 Å². The standard InChI is InChI=1S/C28H22O2S/c1-28(27(29)30,25-17-8-18-31-25)26(23-15-6-11-19-9-2-4-13-21(19)23)24-16-7-12-20-10-3-5-14-22(20)24/h2-18,26H,1H3,(H,29,30)/t28-/m1/s1. The fourth-order valence-electron chi connectivity index (χ4n) is 4.74. The molecule has 0 fully saturated rings. The molecule has 0 amide bonds. The number of carboxylic acid groups (broad SMARTS) is 1. The number of hydrogen-bond acceptors (Lipinski definition) is 2. The van der Waals surface area contributed by atoms with Crippen molar-refractivity contribution in [2.24, 2.45) is 0 Å². The van der Waals surface area contributed by atoms with E-state index in [0.29, 0.717) is 0 Å². The first kappa shape index (κ1) is 19.5. The summed E-state index contributed by atoms with van der Waals surface area (Å²) in [7, 11) is 0. The Morgan fingerprint density at radius 1 is 0.742 bits per heavy atom. The third-order valence-electron chi connectivity index (χ3n) is 6.32. The van der Waals surface area contributed by atoms with Gasteiger partial charge >= 0.3 is 5.97 Å². The number of aliphatic carboxylic acids is 1. The maximum atomic E-state index is 13.0. The van der Waals surface area contributed by atoms with Crippen molar-refractivity contribution < 1.29 is 9.90 Å². The second-order valence-corrected chi connectivity index (χ2v) is 9.00. The van der Waals surface area contributed by atoms with Crippen molar-refractivity contribution in [3.63, 3.8) is 0 Å². The van der Waals surface area contributed by atoms with Crippen molar-refractivity contribution in [1.29, 1.82) is 0 Å². The molecule has 0 saturated heterocycles. The first-order chi connectivity index (χ1) is 15.1. The van der Waals surface area contributed by atoms with Crippen LogP contribution in [0.5, 0.6) is 0 Å². The van der Waals surface area contributed by atoms with E-state index in [1.165, 1.54) is 11.3 Å². The van der Waals surface area contributed by atoms with Crippen molar-refractivity contribution in [3.05, 3.63) is 118 Å². The first-order valence-electron chi connectivity index (χ1n) is 10.3. The maximum Gasteiger partial charge on any atom is 0.315 e. The molecule has 4 aromatic carbocycles. The molecule has 0 bridgehead atoms. The van der Waals surface area contributed by atoms with Gasteiger partial charge in [0.25, 0.3) is 0 Å². The molecule has 3 heteroatoms. The van der Waals surface area contributed by atoms with Gasteiger partial charge in [0, 0.05) is 10.8 Å². The van der Waals surface area contributed by atoms with Gasteiger partial charge in [0.05, 0.1) is 0 Å². The first-order valence-corrected chi connectivity index (χ1v) is 11.2. The predicted molar refractivity (Wildman–Crippen MR) is 129 cm³/mol. The molecule has 152 valence electrons. The molecule has 5 rings (SSSR count). The Labute approximate surface area is 185 Å². The summed E-state index contributed by atoms with van der Waals surface area (Å²) in [6.07, 6.45) is 0. The highest BCUT2D eigenvalue weighted by Crippen LogP contribution is 2.48. The molecule has 0 aliphatic heterocycles. The van der Waals surface area contributed by atoms with E-state index in [0.717, 1.165) is 37.5 Å². The smallest absolute Gasteiger partial charge is 0.315 e. The second-order valence-electron chi connectivity index (χ2n) is 8.05. The molecule has 1 heterocycles. The lowest BCUT2D eigenvalue weighted by Gasteiger charge is -2.35. The number of carbonyl (C=O) groups is 1. The summed E-state index contributed by atoms with van der Waals surface area (Å²) in [5.41, 5.74) is 0.947. The Kier molecular flexibility index (Phi) is 4.84. The van der Waals surface area contributed by atoms with Gasteiger partial charge in [-0.3, -0.25) is 4.79 Å². The lowest BCUT2D eigenvalue weighted by Crippen LogP contribution is -2.39. The Hall–Kier alpha value is -3.43. The van der Waals surface area contributed by atoms with Crippen LogP contribution in [0.2, 0.25) is 0 Å². The summed E-state index contributed by atoms with van der Waals surface area (Å²) in [5.74, 6) is -1.18. The van der Waals surface area contributed by atoms with Crippen LogP contribution in [0.3, 0.4) is 0 Å². The van der Waals surface area contributed by atoms with E-state index in [-0.39, 0.29) is 5.92 Å². The highest BCUT2D eigenvalue weighted by Gasteiger charge is 2.46. The fraction of sp³-hybridized carbons (Fsp3) is 0.107. The zero-order valence-electron chi connectivity index (χ0n) is 17.2. The predicted octanol–water partition coefficient (Wildman–Crippen LogP) is 7.23. The quantitative estimate of drug-likeness (QED) is 0.324. The van der Waals surface area contributed by atoms with E-state index < -0.39 is 11.4 Å². The van der Waals surface area contributed by atoms with Gasteiger partial charge in [-0.2, -0.15) is 0 Å². The van der Waals surface area contributed by atoms with Crippen LogP contribution in [0, 0.1) is 0 Å². The van der Waals surface area contributed by atoms with E-state index in [1.54, 1.807) is 0 Å². The summed E-state index contributed by atoms with van der Waals surface area (Å²) in [5, 5.41) is 17.0. The second kappa shape index (κ2) is 7.68. The fourth-order valence-corrected chi connectivity index (χ4v) is 5.65. The van der Waals surface area contributed by atoms with Crippen molar-refractivity contribution in [3.8, 4) is 0 Å². The van der Waals surface area contributed by atoms with Crippen molar-refractivity contribution in [2.45, 2.75) is 18.3 Å². The van der Waals surface area contributed by atoms with Gasteiger partial charge in [-0.15, -0.1) is 11.3 Å². The molecule has 1 N–H and O–H groups in total. The average molecular weight is 423 g/mol. The van der Waals surface area contributed by atoms with Gasteiger partial charge in [-0.05, 0) is 51.0 Å². The van der Waals surface area contributed by atoms with Crippen LogP contribution in [0.25, 0.3) is 21.5 Å². The SMILES string of the molecule is C[C@@](C(=O)O)(c1cccs1)C(c1cccc2ccccc12)c1cccc2ccccc12. The third kappa shape index (κ3) is 3.13. The average Bonchev–Trinajstić information content (AvgIpc) is 3.35. The van der Waals surface area contributed by atoms with Crippen LogP contribution in [0.15, 0.2) is 102 Å². The van der Waals surface area contributed by atoms with Crippen molar-refractivity contribution in [2.75, 3.05) is 0 Å². The number of benzene rings is 4.